The van der Waals surface area contributed by atoms with Gasteiger partial charge in [-0.1, -0.05) is 11.6 Å². The molecule has 0 unspecified atom stereocenters. The maximum Gasteiger partial charge on any atom is 0.345 e. The van der Waals surface area contributed by atoms with E-state index >= 15 is 0 Å². The summed E-state index contributed by atoms with van der Waals surface area (Å²) >= 11 is 8.52. The molecule has 9 heavy (non-hydrogen) atoms. The molecule has 1 aromatic heterocycles. The van der Waals surface area contributed by atoms with Crippen molar-refractivity contribution in [3.8, 4) is 0 Å². The van der Waals surface area contributed by atoms with Crippen molar-refractivity contribution in [1.82, 2.24) is 9.97 Å². The average molecular weight is 209 g/mol. The molecule has 1 heterocycles. The Balaban J connectivity index is 3.34. The lowest BCUT2D eigenvalue weighted by Crippen LogP contribution is -2.08. The van der Waals surface area contributed by atoms with Crippen LogP contribution in [-0.2, 0) is 0 Å². The van der Waals surface area contributed by atoms with Gasteiger partial charge in [0.2, 0.25) is 0 Å². The van der Waals surface area contributed by atoms with Crippen LogP contribution in [0.1, 0.15) is 0 Å². The van der Waals surface area contributed by atoms with Crippen LogP contribution in [0.25, 0.3) is 0 Å². The van der Waals surface area contributed by atoms with Crippen LogP contribution in [0.4, 0.5) is 0 Å². The summed E-state index contributed by atoms with van der Waals surface area (Å²) in [5, 5.41) is 0.398. The van der Waals surface area contributed by atoms with Crippen molar-refractivity contribution >= 4 is 27.5 Å². The van der Waals surface area contributed by atoms with E-state index in [1.807, 2.05) is 0 Å². The van der Waals surface area contributed by atoms with Gasteiger partial charge in [0.25, 0.3) is 0 Å². The largest absolute Gasteiger partial charge is 0.345 e. The smallest absolute Gasteiger partial charge is 0.299 e. The quantitative estimate of drug-likeness (QED) is 0.652. The number of hydrogen-bond acceptors (Lipinski definition) is 2. The van der Waals surface area contributed by atoms with E-state index < -0.39 is 5.69 Å². The molecule has 0 spiro atoms. The van der Waals surface area contributed by atoms with Crippen LogP contribution in [0.15, 0.2) is 15.6 Å². The Labute approximate surface area is 64.2 Å². The molecule has 0 saturated heterocycles. The molecule has 0 amide bonds. The van der Waals surface area contributed by atoms with Crippen molar-refractivity contribution in [3.05, 3.63) is 26.3 Å². The van der Waals surface area contributed by atoms with Crippen molar-refractivity contribution < 1.29 is 0 Å². The third-order valence-corrected chi connectivity index (χ3v) is 1.86. The third-order valence-electron chi connectivity index (χ3n) is 0.722. The molecule has 0 radical (unpaired) electrons. The molecule has 1 N–H and O–H groups in total. The van der Waals surface area contributed by atoms with Crippen molar-refractivity contribution in [2.75, 3.05) is 0 Å². The lowest BCUT2D eigenvalue weighted by molar-refractivity contribution is 1.05. The maximum atomic E-state index is 10.4. The highest BCUT2D eigenvalue weighted by molar-refractivity contribution is 9.10. The van der Waals surface area contributed by atoms with E-state index in [-0.39, 0.29) is 0 Å². The van der Waals surface area contributed by atoms with Crippen molar-refractivity contribution in [2.45, 2.75) is 0 Å². The molecule has 5 heteroatoms. The normalized spacial score (nSPS) is 9.56. The lowest BCUT2D eigenvalue weighted by Gasteiger charge is -1.89. The number of halogens is 2. The first-order valence-corrected chi connectivity index (χ1v) is 3.27. The Kier molecular flexibility index (Phi) is 1.87. The Morgan fingerprint density at radius 2 is 2.44 bits per heavy atom. The third kappa shape index (κ3) is 1.53. The first-order valence-electron chi connectivity index (χ1n) is 2.10. The summed E-state index contributed by atoms with van der Waals surface area (Å²) in [5.41, 5.74) is -0.411. The van der Waals surface area contributed by atoms with Gasteiger partial charge in [-0.2, -0.15) is 0 Å². The van der Waals surface area contributed by atoms with Gasteiger partial charge in [-0.15, -0.1) is 0 Å². The highest BCUT2D eigenvalue weighted by Gasteiger charge is 1.94. The predicted molar refractivity (Wildman–Crippen MR) is 37.6 cm³/mol. The minimum Gasteiger partial charge on any atom is -0.299 e. The van der Waals surface area contributed by atoms with Gasteiger partial charge in [0.15, 0.2) is 0 Å². The van der Waals surface area contributed by atoms with Gasteiger partial charge in [-0.3, -0.25) is 4.98 Å². The molecule has 0 aromatic carbocycles. The first-order chi connectivity index (χ1) is 4.20. The molecular weight excluding hydrogens is 207 g/mol. The molecular formula is C4H2BrClN2O. The summed E-state index contributed by atoms with van der Waals surface area (Å²) in [4.78, 5) is 16.1. The van der Waals surface area contributed by atoms with Crippen LogP contribution in [0, 0.1) is 0 Å². The molecule has 0 saturated carbocycles. The van der Waals surface area contributed by atoms with E-state index in [2.05, 4.69) is 25.9 Å². The summed E-state index contributed by atoms with van der Waals surface area (Å²) < 4.78 is 0.462. The molecule has 0 aliphatic heterocycles. The highest BCUT2D eigenvalue weighted by atomic mass is 79.9. The molecule has 1 aromatic rings. The Morgan fingerprint density at radius 1 is 1.78 bits per heavy atom. The number of H-pyrrole nitrogens is 1. The van der Waals surface area contributed by atoms with Crippen molar-refractivity contribution in [2.24, 2.45) is 0 Å². The Bertz CT molecular complexity index is 272. The van der Waals surface area contributed by atoms with E-state index in [4.69, 9.17) is 11.6 Å². The second kappa shape index (κ2) is 2.49. The molecule has 0 aliphatic rings. The Morgan fingerprint density at radius 3 is 2.89 bits per heavy atom. The van der Waals surface area contributed by atoms with Crippen LogP contribution in [0.2, 0.25) is 5.02 Å². The summed E-state index contributed by atoms with van der Waals surface area (Å²) in [7, 11) is 0. The fourth-order valence-electron chi connectivity index (χ4n) is 0.358. The maximum absolute atomic E-state index is 10.4. The SMILES string of the molecule is O=c1ncc(Cl)c(Br)[nH]1. The summed E-state index contributed by atoms with van der Waals surface area (Å²) in [6.45, 7) is 0. The zero-order chi connectivity index (χ0) is 6.85. The fraction of sp³-hybridized carbons (Fsp3) is 0. The van der Waals surface area contributed by atoms with Gasteiger partial charge < -0.3 is 0 Å². The topological polar surface area (TPSA) is 45.8 Å². The minimum absolute atomic E-state index is 0.398. The molecule has 1 rings (SSSR count). The van der Waals surface area contributed by atoms with Gasteiger partial charge in [-0.25, -0.2) is 9.78 Å². The molecule has 3 nitrogen and oxygen atoms in total. The zero-order valence-corrected chi connectivity index (χ0v) is 6.53. The second-order valence-corrected chi connectivity index (χ2v) is 2.55. The van der Waals surface area contributed by atoms with Gasteiger partial charge >= 0.3 is 5.69 Å². The number of aromatic nitrogens is 2. The highest BCUT2D eigenvalue weighted by Crippen LogP contribution is 2.14. The van der Waals surface area contributed by atoms with E-state index in [0.29, 0.717) is 9.63 Å². The van der Waals surface area contributed by atoms with Crippen LogP contribution >= 0.6 is 27.5 Å². The molecule has 0 atom stereocenters. The zero-order valence-electron chi connectivity index (χ0n) is 4.19. The van der Waals surface area contributed by atoms with E-state index in [0.717, 1.165) is 0 Å². The van der Waals surface area contributed by atoms with Crippen LogP contribution in [-0.4, -0.2) is 9.97 Å². The monoisotopic (exact) mass is 208 g/mol. The van der Waals surface area contributed by atoms with Crippen molar-refractivity contribution in [1.29, 1.82) is 0 Å². The predicted octanol–water partition coefficient (Wildman–Crippen LogP) is 1.19. The van der Waals surface area contributed by atoms with Crippen molar-refractivity contribution in [3.63, 3.8) is 0 Å². The minimum atomic E-state index is -0.411. The van der Waals surface area contributed by atoms with Crippen LogP contribution < -0.4 is 5.69 Å². The van der Waals surface area contributed by atoms with E-state index in [1.54, 1.807) is 0 Å². The Hall–Kier alpha value is -0.350. The van der Waals surface area contributed by atoms with Crippen LogP contribution in [0.3, 0.4) is 0 Å². The number of nitrogens with one attached hydrogen (secondary N) is 1. The first kappa shape index (κ1) is 6.77. The number of nitrogens with zero attached hydrogens (tertiary/aromatic N) is 1. The summed E-state index contributed by atoms with van der Waals surface area (Å²) in [5.74, 6) is 0. The fourth-order valence-corrected chi connectivity index (χ4v) is 0.726. The lowest BCUT2D eigenvalue weighted by atomic mass is 10.7. The van der Waals surface area contributed by atoms with Gasteiger partial charge in [0.1, 0.15) is 4.60 Å². The number of hydrogen-bond donors (Lipinski definition) is 1. The summed E-state index contributed by atoms with van der Waals surface area (Å²) in [6.07, 6.45) is 1.28. The van der Waals surface area contributed by atoms with Gasteiger partial charge in [0, 0.05) is 0 Å². The summed E-state index contributed by atoms with van der Waals surface area (Å²) in [6, 6.07) is 0. The average Bonchev–Trinajstić information content (AvgIpc) is 1.80. The standard InChI is InChI=1S/C4H2BrClN2O/c5-3-2(6)1-7-4(9)8-3/h1H,(H,7,8,9). The van der Waals surface area contributed by atoms with Crippen LogP contribution in [0.5, 0.6) is 0 Å². The van der Waals surface area contributed by atoms with Gasteiger partial charge in [-0.05, 0) is 15.9 Å². The van der Waals surface area contributed by atoms with Gasteiger partial charge in [0.05, 0.1) is 11.2 Å². The number of rotatable bonds is 0. The number of aromatic amines is 1. The van der Waals surface area contributed by atoms with E-state index in [1.165, 1.54) is 6.20 Å². The molecule has 0 bridgehead atoms. The molecule has 0 fully saturated rings. The molecule has 0 aliphatic carbocycles. The van der Waals surface area contributed by atoms with E-state index in [9.17, 15) is 4.79 Å². The second-order valence-electron chi connectivity index (χ2n) is 1.35. The molecule has 48 valence electrons.